The Morgan fingerprint density at radius 2 is 0.341 bits per heavy atom. The Morgan fingerprint density at radius 3 is 0.463 bits per heavy atom. The molecule has 490 valence electrons. The van der Waals surface area contributed by atoms with Crippen molar-refractivity contribution in [3.8, 4) is 0 Å². The second kappa shape index (κ2) is 74.9. The van der Waals surface area contributed by atoms with E-state index in [1.807, 2.05) is 0 Å². The number of ether oxygens (including phenoxy) is 24. The normalized spacial score (nSPS) is 11.6. The van der Waals surface area contributed by atoms with Gasteiger partial charge in [-0.15, -0.1) is 0 Å². The lowest BCUT2D eigenvalue weighted by Gasteiger charge is -2.09. The zero-order valence-electron chi connectivity index (χ0n) is 49.4. The molecule has 0 rings (SSSR count). The van der Waals surface area contributed by atoms with Crippen LogP contribution in [0.25, 0.3) is 0 Å². The molecule has 0 aromatic carbocycles. The van der Waals surface area contributed by atoms with Crippen molar-refractivity contribution in [2.24, 2.45) is 0 Å². The lowest BCUT2D eigenvalue weighted by atomic mass is 10.5. The highest BCUT2D eigenvalue weighted by Crippen LogP contribution is 1.92. The van der Waals surface area contributed by atoms with Crippen molar-refractivity contribution < 1.29 is 128 Å². The Balaban J connectivity index is 3.09. The summed E-state index contributed by atoms with van der Waals surface area (Å²) in [7, 11) is 1.56. The second-order valence-electron chi connectivity index (χ2n) is 16.3. The van der Waals surface area contributed by atoms with Crippen molar-refractivity contribution in [3.05, 3.63) is 0 Å². The van der Waals surface area contributed by atoms with Crippen LogP contribution in [0.4, 0.5) is 4.79 Å². The first-order chi connectivity index (χ1) is 40.7. The SMILES string of the molecule is CNC(=O)NCCOCCOCCOCCOCCOCCOCCOCCOCCOCCOCCOCCOCCOCCOCCOCCOCCOCCOCCOCCOCCOCCOCCOCCOCCC(=O)O. The molecule has 0 fully saturated rings. The third kappa shape index (κ3) is 75.8. The first-order valence-corrected chi connectivity index (χ1v) is 28.7. The fourth-order valence-electron chi connectivity index (χ4n) is 5.64. The molecule has 0 spiro atoms. The molecule has 0 saturated carbocycles. The zero-order valence-corrected chi connectivity index (χ0v) is 49.4. The zero-order chi connectivity index (χ0) is 58.9. The van der Waals surface area contributed by atoms with Crippen LogP contribution >= 0.6 is 0 Å². The number of urea groups is 1. The van der Waals surface area contributed by atoms with Gasteiger partial charge in [-0.2, -0.15) is 0 Å². The minimum atomic E-state index is -0.880. The summed E-state index contributed by atoms with van der Waals surface area (Å²) in [4.78, 5) is 21.4. The van der Waals surface area contributed by atoms with E-state index >= 15 is 0 Å². The summed E-state index contributed by atoms with van der Waals surface area (Å²) < 4.78 is 131. The molecule has 0 radical (unpaired) electrons. The Hall–Kier alpha value is -2.22. The summed E-state index contributed by atoms with van der Waals surface area (Å²) in [6.07, 6.45) is -0.0106. The molecule has 0 saturated heterocycles. The maximum atomic E-state index is 11.0. The molecule has 29 nitrogen and oxygen atoms in total. The molecule has 2 amide bonds. The molecule has 0 aromatic rings. The third-order valence-corrected chi connectivity index (χ3v) is 9.78. The van der Waals surface area contributed by atoms with Crippen molar-refractivity contribution in [1.82, 2.24) is 10.6 Å². The maximum absolute atomic E-state index is 11.0. The number of amides is 2. The number of carbonyl (C=O) groups is 2. The number of aliphatic carboxylic acids is 1. The minimum Gasteiger partial charge on any atom is -0.481 e. The summed E-state index contributed by atoms with van der Waals surface area (Å²) in [6, 6.07) is -0.230. The first kappa shape index (κ1) is 79.8. The molecule has 0 unspecified atom stereocenters. The second-order valence-corrected chi connectivity index (χ2v) is 16.3. The average molecular weight is 1200 g/mol. The van der Waals surface area contributed by atoms with Gasteiger partial charge in [0.2, 0.25) is 0 Å². The molecule has 0 aliphatic carbocycles. The molecule has 0 bridgehead atoms. The Kier molecular flexibility index (Phi) is 72.9. The predicted molar refractivity (Wildman–Crippen MR) is 294 cm³/mol. The Labute approximate surface area is 487 Å². The number of hydrogen-bond acceptors (Lipinski definition) is 26. The highest BCUT2D eigenvalue weighted by atomic mass is 16.6. The van der Waals surface area contributed by atoms with E-state index < -0.39 is 5.97 Å². The number of rotatable bonds is 75. The Morgan fingerprint density at radius 1 is 0.220 bits per heavy atom. The van der Waals surface area contributed by atoms with E-state index in [-0.39, 0.29) is 19.1 Å². The number of carboxylic acids is 1. The summed E-state index contributed by atoms with van der Waals surface area (Å²) >= 11 is 0. The monoisotopic (exact) mass is 1200 g/mol. The van der Waals surface area contributed by atoms with Crippen LogP contribution in [-0.4, -0.2) is 348 Å². The molecule has 0 aliphatic rings. The quantitative estimate of drug-likeness (QED) is 0.0664. The molecule has 0 aliphatic heterocycles. The van der Waals surface area contributed by atoms with Gasteiger partial charge in [-0.1, -0.05) is 0 Å². The van der Waals surface area contributed by atoms with Crippen molar-refractivity contribution >= 4 is 12.0 Å². The fourth-order valence-corrected chi connectivity index (χ4v) is 5.64. The van der Waals surface area contributed by atoms with Crippen LogP contribution in [0, 0.1) is 0 Å². The van der Waals surface area contributed by atoms with Crippen LogP contribution < -0.4 is 10.6 Å². The average Bonchev–Trinajstić information content (AvgIpc) is 3.48. The molecule has 0 atom stereocenters. The number of nitrogens with one attached hydrogen (secondary N) is 2. The highest BCUT2D eigenvalue weighted by molar-refractivity contribution is 5.73. The lowest BCUT2D eigenvalue weighted by molar-refractivity contribution is -0.138. The summed E-state index contributed by atoms with van der Waals surface area (Å²) in [5, 5.41) is 13.6. The van der Waals surface area contributed by atoms with Gasteiger partial charge in [-0.25, -0.2) is 4.79 Å². The van der Waals surface area contributed by atoms with Gasteiger partial charge in [0.15, 0.2) is 0 Å². The molecule has 0 aromatic heterocycles. The van der Waals surface area contributed by atoms with Crippen molar-refractivity contribution in [3.63, 3.8) is 0 Å². The lowest BCUT2D eigenvalue weighted by Crippen LogP contribution is -2.35. The van der Waals surface area contributed by atoms with E-state index in [0.717, 1.165) is 0 Å². The first-order valence-electron chi connectivity index (χ1n) is 28.7. The van der Waals surface area contributed by atoms with Gasteiger partial charge in [-0.05, 0) is 0 Å². The van der Waals surface area contributed by atoms with Gasteiger partial charge in [0, 0.05) is 13.6 Å². The van der Waals surface area contributed by atoms with E-state index in [2.05, 4.69) is 10.6 Å². The van der Waals surface area contributed by atoms with Crippen LogP contribution in [0.1, 0.15) is 6.42 Å². The van der Waals surface area contributed by atoms with E-state index in [4.69, 9.17) is 119 Å². The molecular formula is C53H106N2O27. The molecule has 29 heteroatoms. The van der Waals surface area contributed by atoms with Crippen LogP contribution in [0.5, 0.6) is 0 Å². The Bertz CT molecular complexity index is 1220. The van der Waals surface area contributed by atoms with Crippen molar-refractivity contribution in [2.75, 3.05) is 331 Å². The standard InChI is InChI=1S/C53H106N2O27/c1-54-53(58)55-3-5-60-7-9-62-11-13-64-15-17-66-19-21-68-23-25-70-27-29-72-31-33-74-35-37-76-39-41-78-43-45-80-47-49-82-51-50-81-48-46-79-44-42-77-40-38-75-36-34-73-32-30-71-28-26-69-24-22-67-20-18-65-16-14-63-12-10-61-8-6-59-4-2-52(56)57/h2-51H2,1H3,(H,56,57)(H2,54,55,58). The molecule has 82 heavy (non-hydrogen) atoms. The van der Waals surface area contributed by atoms with Crippen LogP contribution in [0.2, 0.25) is 0 Å². The minimum absolute atomic E-state index is 0.0106. The van der Waals surface area contributed by atoms with E-state index in [1.165, 1.54) is 0 Å². The van der Waals surface area contributed by atoms with Crippen LogP contribution in [0.3, 0.4) is 0 Å². The molecular weight excluding hydrogens is 1100 g/mol. The van der Waals surface area contributed by atoms with Gasteiger partial charge in [0.05, 0.1) is 324 Å². The van der Waals surface area contributed by atoms with E-state index in [0.29, 0.717) is 317 Å². The predicted octanol–water partition coefficient (Wildman–Crippen LogP) is -0.212. The van der Waals surface area contributed by atoms with E-state index in [9.17, 15) is 9.59 Å². The van der Waals surface area contributed by atoms with Crippen LogP contribution in [-0.2, 0) is 118 Å². The van der Waals surface area contributed by atoms with E-state index in [1.54, 1.807) is 7.05 Å². The third-order valence-electron chi connectivity index (χ3n) is 9.78. The summed E-state index contributed by atoms with van der Waals surface area (Å²) in [6.45, 7) is 22.7. The summed E-state index contributed by atoms with van der Waals surface area (Å²) in [5.74, 6) is -0.880. The van der Waals surface area contributed by atoms with Gasteiger partial charge in [0.1, 0.15) is 0 Å². The molecule has 0 heterocycles. The largest absolute Gasteiger partial charge is 0.481 e. The maximum Gasteiger partial charge on any atom is 0.314 e. The smallest absolute Gasteiger partial charge is 0.314 e. The van der Waals surface area contributed by atoms with Crippen molar-refractivity contribution in [2.45, 2.75) is 6.42 Å². The van der Waals surface area contributed by atoms with Crippen molar-refractivity contribution in [1.29, 1.82) is 0 Å². The topological polar surface area (TPSA) is 300 Å². The fraction of sp³-hybridized carbons (Fsp3) is 0.962. The number of hydrogen-bond donors (Lipinski definition) is 3. The highest BCUT2D eigenvalue weighted by Gasteiger charge is 2.02. The molecule has 3 N–H and O–H groups in total. The van der Waals surface area contributed by atoms with Crippen LogP contribution in [0.15, 0.2) is 0 Å². The van der Waals surface area contributed by atoms with Gasteiger partial charge in [0.25, 0.3) is 0 Å². The number of carbonyl (C=O) groups excluding carboxylic acids is 1. The summed E-state index contributed by atoms with van der Waals surface area (Å²) in [5.41, 5.74) is 0. The van der Waals surface area contributed by atoms with Gasteiger partial charge in [-0.3, -0.25) is 4.79 Å². The van der Waals surface area contributed by atoms with Gasteiger partial charge >= 0.3 is 12.0 Å². The van der Waals surface area contributed by atoms with Gasteiger partial charge < -0.3 is 129 Å². The number of carboxylic acid groups (broad SMARTS) is 1.